The average molecular weight is 355 g/mol. The maximum atomic E-state index is 11.9. The van der Waals surface area contributed by atoms with Crippen molar-refractivity contribution in [1.29, 1.82) is 0 Å². The van der Waals surface area contributed by atoms with Crippen LogP contribution in [0.4, 0.5) is 0 Å². The van der Waals surface area contributed by atoms with Crippen molar-refractivity contribution in [2.24, 2.45) is 4.99 Å². The number of aliphatic imine (C=N–C) groups is 1. The van der Waals surface area contributed by atoms with Crippen LogP contribution in [0.2, 0.25) is 0 Å². The molecule has 144 valence electrons. The molecule has 25 heavy (non-hydrogen) atoms. The van der Waals surface area contributed by atoms with E-state index in [1.807, 2.05) is 6.92 Å². The average Bonchev–Trinajstić information content (AvgIpc) is 2.58. The molecule has 0 aromatic rings. The van der Waals surface area contributed by atoms with Crippen LogP contribution in [-0.2, 0) is 9.53 Å². The highest BCUT2D eigenvalue weighted by molar-refractivity contribution is 5.80. The minimum Gasteiger partial charge on any atom is -0.388 e. The molecule has 1 aliphatic carbocycles. The number of rotatable bonds is 8. The lowest BCUT2D eigenvalue weighted by Crippen LogP contribution is -2.54. The summed E-state index contributed by atoms with van der Waals surface area (Å²) in [5, 5.41) is 16.4. The van der Waals surface area contributed by atoms with Gasteiger partial charge in [0.2, 0.25) is 5.91 Å². The van der Waals surface area contributed by atoms with Gasteiger partial charge in [0.25, 0.3) is 0 Å². The first-order chi connectivity index (χ1) is 12.1. The maximum absolute atomic E-state index is 11.9. The molecule has 1 amide bonds. The topological polar surface area (TPSA) is 89.4 Å². The predicted molar refractivity (Wildman–Crippen MR) is 97.7 cm³/mol. The molecule has 0 atom stereocenters. The molecule has 1 saturated heterocycles. The summed E-state index contributed by atoms with van der Waals surface area (Å²) in [7, 11) is 1.62. The number of guanidine groups is 1. The fraction of sp³-hybridized carbons (Fsp3) is 0.882. The lowest BCUT2D eigenvalue weighted by molar-refractivity contribution is -0.122. The molecule has 8 nitrogen and oxygen atoms in total. The van der Waals surface area contributed by atoms with Gasteiger partial charge in [0.15, 0.2) is 5.96 Å². The second-order valence-electron chi connectivity index (χ2n) is 6.85. The number of hydrogen-bond donors (Lipinski definition) is 3. The highest BCUT2D eigenvalue weighted by Gasteiger charge is 2.34. The normalized spacial score (nSPS) is 20.9. The Morgan fingerprint density at radius 2 is 1.96 bits per heavy atom. The molecule has 1 saturated carbocycles. The molecular formula is C17H33N5O3. The predicted octanol–water partition coefficient (Wildman–Crippen LogP) is -0.753. The van der Waals surface area contributed by atoms with Crippen molar-refractivity contribution in [2.75, 3.05) is 66.1 Å². The van der Waals surface area contributed by atoms with Crippen molar-refractivity contribution in [3.05, 3.63) is 0 Å². The van der Waals surface area contributed by atoms with Crippen LogP contribution >= 0.6 is 0 Å². The number of carbonyl (C=O) groups excluding carboxylic acids is 1. The smallest absolute Gasteiger partial charge is 0.234 e. The summed E-state index contributed by atoms with van der Waals surface area (Å²) in [5.74, 6) is 0.908. The number of ether oxygens (including phenoxy) is 1. The third-order valence-corrected chi connectivity index (χ3v) is 4.81. The van der Waals surface area contributed by atoms with Crippen LogP contribution in [0.1, 0.15) is 26.2 Å². The second-order valence-corrected chi connectivity index (χ2v) is 6.85. The first-order valence-electron chi connectivity index (χ1n) is 9.30. The Balaban J connectivity index is 1.76. The highest BCUT2D eigenvalue weighted by Crippen LogP contribution is 2.31. The minimum atomic E-state index is -0.594. The van der Waals surface area contributed by atoms with E-state index < -0.39 is 5.60 Å². The third-order valence-electron chi connectivity index (χ3n) is 4.81. The Bertz CT molecular complexity index is 446. The van der Waals surface area contributed by atoms with Crippen LogP contribution in [0.5, 0.6) is 0 Å². The minimum absolute atomic E-state index is 0.0401. The Labute approximate surface area is 150 Å². The van der Waals surface area contributed by atoms with Crippen molar-refractivity contribution in [1.82, 2.24) is 20.4 Å². The molecule has 0 aromatic carbocycles. The number of aliphatic hydroxyl groups is 1. The Morgan fingerprint density at radius 3 is 2.52 bits per heavy atom. The van der Waals surface area contributed by atoms with Gasteiger partial charge in [-0.3, -0.25) is 14.7 Å². The fourth-order valence-electron chi connectivity index (χ4n) is 3.06. The molecular weight excluding hydrogens is 322 g/mol. The van der Waals surface area contributed by atoms with Gasteiger partial charge in [0.1, 0.15) is 0 Å². The fourth-order valence-corrected chi connectivity index (χ4v) is 3.06. The van der Waals surface area contributed by atoms with Gasteiger partial charge in [-0.25, -0.2) is 0 Å². The summed E-state index contributed by atoms with van der Waals surface area (Å²) in [4.78, 5) is 20.9. The molecule has 0 bridgehead atoms. The van der Waals surface area contributed by atoms with Gasteiger partial charge in [0.05, 0.1) is 25.3 Å². The van der Waals surface area contributed by atoms with E-state index in [4.69, 9.17) is 4.74 Å². The number of carbonyl (C=O) groups is 1. The number of nitrogens with one attached hydrogen (secondary N) is 2. The van der Waals surface area contributed by atoms with E-state index in [1.165, 1.54) is 0 Å². The van der Waals surface area contributed by atoms with Crippen molar-refractivity contribution >= 4 is 11.9 Å². The Kier molecular flexibility index (Phi) is 7.92. The van der Waals surface area contributed by atoms with Gasteiger partial charge in [-0.1, -0.05) is 0 Å². The standard InChI is InChI=1S/C17H33N5O3/c1-3-18-16(20-14-17(24)5-4-6-17)22-10-8-21(9-11-22)13-15(23)19-7-12-25-2/h24H,3-14H2,1-2H3,(H,18,20)(H,19,23). The number of piperazine rings is 1. The molecule has 8 heteroatoms. The van der Waals surface area contributed by atoms with Crippen molar-refractivity contribution < 1.29 is 14.6 Å². The van der Waals surface area contributed by atoms with Gasteiger partial charge in [-0.15, -0.1) is 0 Å². The van der Waals surface area contributed by atoms with Crippen LogP contribution in [0.25, 0.3) is 0 Å². The van der Waals surface area contributed by atoms with E-state index in [-0.39, 0.29) is 5.91 Å². The van der Waals surface area contributed by atoms with Crippen molar-refractivity contribution in [3.8, 4) is 0 Å². The van der Waals surface area contributed by atoms with Crippen LogP contribution in [0, 0.1) is 0 Å². The molecule has 0 unspecified atom stereocenters. The first kappa shape index (κ1) is 19.9. The van der Waals surface area contributed by atoms with E-state index in [0.717, 1.165) is 57.9 Å². The second kappa shape index (κ2) is 9.94. The lowest BCUT2D eigenvalue weighted by atomic mass is 9.80. The van der Waals surface area contributed by atoms with E-state index in [1.54, 1.807) is 7.11 Å². The van der Waals surface area contributed by atoms with Crippen LogP contribution in [0.3, 0.4) is 0 Å². The number of amides is 1. The van der Waals surface area contributed by atoms with Gasteiger partial charge >= 0.3 is 0 Å². The van der Waals surface area contributed by atoms with Crippen LogP contribution < -0.4 is 10.6 Å². The number of hydrogen-bond acceptors (Lipinski definition) is 5. The molecule has 2 aliphatic rings. The zero-order valence-corrected chi connectivity index (χ0v) is 15.6. The summed E-state index contributed by atoms with van der Waals surface area (Å²) < 4.78 is 4.93. The molecule has 1 heterocycles. The first-order valence-corrected chi connectivity index (χ1v) is 9.30. The molecule has 3 N–H and O–H groups in total. The maximum Gasteiger partial charge on any atom is 0.234 e. The van der Waals surface area contributed by atoms with Gasteiger partial charge in [-0.05, 0) is 26.2 Å². The monoisotopic (exact) mass is 355 g/mol. The lowest BCUT2D eigenvalue weighted by Gasteiger charge is -2.38. The third kappa shape index (κ3) is 6.45. The highest BCUT2D eigenvalue weighted by atomic mass is 16.5. The Morgan fingerprint density at radius 1 is 1.24 bits per heavy atom. The summed E-state index contributed by atoms with van der Waals surface area (Å²) in [6, 6.07) is 0. The zero-order chi connectivity index (χ0) is 18.1. The molecule has 0 aromatic heterocycles. The van der Waals surface area contributed by atoms with E-state index in [9.17, 15) is 9.90 Å². The van der Waals surface area contributed by atoms with E-state index in [2.05, 4.69) is 25.4 Å². The molecule has 2 rings (SSSR count). The Hall–Kier alpha value is -1.38. The van der Waals surface area contributed by atoms with Crippen LogP contribution in [-0.4, -0.2) is 98.4 Å². The SMILES string of the molecule is CCNC(=NCC1(O)CCC1)N1CCN(CC(=O)NCCOC)CC1. The van der Waals surface area contributed by atoms with Gasteiger partial charge in [0, 0.05) is 46.4 Å². The number of nitrogens with zero attached hydrogens (tertiary/aromatic N) is 3. The quantitative estimate of drug-likeness (QED) is 0.302. The summed E-state index contributed by atoms with van der Waals surface area (Å²) in [6.07, 6.45) is 2.79. The van der Waals surface area contributed by atoms with Gasteiger partial charge < -0.3 is 25.4 Å². The molecule has 0 spiro atoms. The van der Waals surface area contributed by atoms with Crippen molar-refractivity contribution in [3.63, 3.8) is 0 Å². The summed E-state index contributed by atoms with van der Waals surface area (Å²) >= 11 is 0. The summed E-state index contributed by atoms with van der Waals surface area (Å²) in [5.41, 5.74) is -0.594. The largest absolute Gasteiger partial charge is 0.388 e. The number of methoxy groups -OCH3 is 1. The van der Waals surface area contributed by atoms with E-state index >= 15 is 0 Å². The van der Waals surface area contributed by atoms with Crippen LogP contribution in [0.15, 0.2) is 4.99 Å². The summed E-state index contributed by atoms with van der Waals surface area (Å²) in [6.45, 7) is 8.14. The van der Waals surface area contributed by atoms with E-state index in [0.29, 0.717) is 26.2 Å². The molecule has 1 aliphatic heterocycles. The molecule has 0 radical (unpaired) electrons. The zero-order valence-electron chi connectivity index (χ0n) is 15.6. The molecule has 2 fully saturated rings. The van der Waals surface area contributed by atoms with Gasteiger partial charge in [-0.2, -0.15) is 0 Å². The van der Waals surface area contributed by atoms with Crippen molar-refractivity contribution in [2.45, 2.75) is 31.8 Å².